The first-order valence-electron chi connectivity index (χ1n) is 3.37. The van der Waals surface area contributed by atoms with Gasteiger partial charge in [0.1, 0.15) is 0 Å². The van der Waals surface area contributed by atoms with Crippen LogP contribution in [0.25, 0.3) is 0 Å². The van der Waals surface area contributed by atoms with Gasteiger partial charge in [-0.1, -0.05) is 6.58 Å². The molecule has 11 heavy (non-hydrogen) atoms. The average molecular weight is 159 g/mol. The number of carboxylic acids is 1. The van der Waals surface area contributed by atoms with E-state index in [1.807, 2.05) is 0 Å². The maximum Gasteiger partial charge on any atom is 0.330 e. The van der Waals surface area contributed by atoms with Crippen LogP contribution < -0.4 is 5.73 Å². The van der Waals surface area contributed by atoms with E-state index in [1.165, 1.54) is 0 Å². The van der Waals surface area contributed by atoms with Crippen LogP contribution in [-0.2, 0) is 4.79 Å². The van der Waals surface area contributed by atoms with E-state index in [0.29, 0.717) is 6.42 Å². The molecule has 0 saturated carbocycles. The standard InChI is InChI=1S/C7H13NO3/c1-5(7(10)11)2-3-6(9)4-8/h6,9H,1-4,8H2,(H,10,11). The van der Waals surface area contributed by atoms with Crippen LogP contribution in [0.5, 0.6) is 0 Å². The number of aliphatic hydroxyl groups is 1. The van der Waals surface area contributed by atoms with Gasteiger partial charge in [0.2, 0.25) is 0 Å². The van der Waals surface area contributed by atoms with E-state index in [0.717, 1.165) is 0 Å². The van der Waals surface area contributed by atoms with Crippen LogP contribution in [0.1, 0.15) is 12.8 Å². The molecule has 0 spiro atoms. The minimum atomic E-state index is -1.02. The van der Waals surface area contributed by atoms with Crippen LogP contribution in [0.15, 0.2) is 12.2 Å². The Bertz CT molecular complexity index is 156. The summed E-state index contributed by atoms with van der Waals surface area (Å²) >= 11 is 0. The van der Waals surface area contributed by atoms with Crippen LogP contribution in [0.4, 0.5) is 0 Å². The second-order valence-electron chi connectivity index (χ2n) is 2.34. The van der Waals surface area contributed by atoms with Gasteiger partial charge >= 0.3 is 5.97 Å². The first kappa shape index (κ1) is 10.1. The molecule has 0 amide bonds. The lowest BCUT2D eigenvalue weighted by atomic mass is 10.1. The molecule has 0 bridgehead atoms. The quantitative estimate of drug-likeness (QED) is 0.482. The average Bonchev–Trinajstić information content (AvgIpc) is 1.99. The lowest BCUT2D eigenvalue weighted by Crippen LogP contribution is -2.19. The summed E-state index contributed by atoms with van der Waals surface area (Å²) in [5.41, 5.74) is 5.22. The molecule has 0 rings (SSSR count). The topological polar surface area (TPSA) is 83.5 Å². The van der Waals surface area contributed by atoms with E-state index in [1.54, 1.807) is 0 Å². The molecule has 0 aromatic heterocycles. The Labute approximate surface area is 65.3 Å². The van der Waals surface area contributed by atoms with Crippen molar-refractivity contribution in [2.45, 2.75) is 18.9 Å². The third-order valence-electron chi connectivity index (χ3n) is 1.35. The molecule has 0 radical (unpaired) electrons. The SMILES string of the molecule is C=C(CCC(O)CN)C(=O)O. The molecule has 64 valence electrons. The van der Waals surface area contributed by atoms with Crippen molar-refractivity contribution in [3.05, 3.63) is 12.2 Å². The molecule has 0 aliphatic carbocycles. The molecule has 0 aromatic rings. The Morgan fingerprint density at radius 1 is 1.64 bits per heavy atom. The summed E-state index contributed by atoms with van der Waals surface area (Å²) < 4.78 is 0. The van der Waals surface area contributed by atoms with Gasteiger partial charge in [0, 0.05) is 12.1 Å². The molecule has 0 aliphatic heterocycles. The van der Waals surface area contributed by atoms with Gasteiger partial charge in [-0.3, -0.25) is 0 Å². The van der Waals surface area contributed by atoms with Gasteiger partial charge in [0.15, 0.2) is 0 Å². The second kappa shape index (κ2) is 4.87. The number of rotatable bonds is 5. The van der Waals surface area contributed by atoms with Gasteiger partial charge in [-0.25, -0.2) is 4.79 Å². The summed E-state index contributed by atoms with van der Waals surface area (Å²) in [6.45, 7) is 3.47. The second-order valence-corrected chi connectivity index (χ2v) is 2.34. The first-order chi connectivity index (χ1) is 5.07. The highest BCUT2D eigenvalue weighted by atomic mass is 16.4. The Morgan fingerprint density at radius 2 is 2.18 bits per heavy atom. The largest absolute Gasteiger partial charge is 0.478 e. The molecule has 4 nitrogen and oxygen atoms in total. The lowest BCUT2D eigenvalue weighted by molar-refractivity contribution is -0.132. The van der Waals surface area contributed by atoms with Crippen LogP contribution in [-0.4, -0.2) is 28.8 Å². The maximum atomic E-state index is 10.2. The molecule has 0 aromatic carbocycles. The van der Waals surface area contributed by atoms with E-state index in [4.69, 9.17) is 15.9 Å². The number of aliphatic carboxylic acids is 1. The Hall–Kier alpha value is -0.870. The molecule has 4 heteroatoms. The van der Waals surface area contributed by atoms with E-state index in [2.05, 4.69) is 6.58 Å². The van der Waals surface area contributed by atoms with Crippen molar-refractivity contribution in [3.63, 3.8) is 0 Å². The summed E-state index contributed by atoms with van der Waals surface area (Å²) in [6, 6.07) is 0. The normalized spacial score (nSPS) is 12.5. The number of carboxylic acid groups (broad SMARTS) is 1. The fraction of sp³-hybridized carbons (Fsp3) is 0.571. The van der Waals surface area contributed by atoms with Gasteiger partial charge in [-0.05, 0) is 12.8 Å². The molecule has 4 N–H and O–H groups in total. The summed E-state index contributed by atoms with van der Waals surface area (Å²) in [7, 11) is 0. The van der Waals surface area contributed by atoms with Gasteiger partial charge in [0.25, 0.3) is 0 Å². The number of carbonyl (C=O) groups is 1. The molecule has 0 saturated heterocycles. The minimum absolute atomic E-state index is 0.109. The minimum Gasteiger partial charge on any atom is -0.478 e. The zero-order valence-corrected chi connectivity index (χ0v) is 6.29. The summed E-state index contributed by atoms with van der Waals surface area (Å²) in [4.78, 5) is 10.2. The van der Waals surface area contributed by atoms with E-state index < -0.39 is 12.1 Å². The number of hydrogen-bond acceptors (Lipinski definition) is 3. The van der Waals surface area contributed by atoms with Crippen molar-refractivity contribution < 1.29 is 15.0 Å². The third kappa shape index (κ3) is 4.52. The highest BCUT2D eigenvalue weighted by Crippen LogP contribution is 2.04. The monoisotopic (exact) mass is 159 g/mol. The molecular formula is C7H13NO3. The first-order valence-corrected chi connectivity index (χ1v) is 3.37. The van der Waals surface area contributed by atoms with Gasteiger partial charge in [-0.2, -0.15) is 0 Å². The highest BCUT2D eigenvalue weighted by Gasteiger charge is 2.06. The third-order valence-corrected chi connectivity index (χ3v) is 1.35. The summed E-state index contributed by atoms with van der Waals surface area (Å²) in [5, 5.41) is 17.3. The predicted octanol–water partition coefficient (Wildman–Crippen LogP) is -0.273. The molecule has 1 unspecified atom stereocenters. The van der Waals surface area contributed by atoms with Crippen LogP contribution in [0.2, 0.25) is 0 Å². The van der Waals surface area contributed by atoms with Crippen molar-refractivity contribution in [3.8, 4) is 0 Å². The molecule has 0 fully saturated rings. The lowest BCUT2D eigenvalue weighted by Gasteiger charge is -2.05. The van der Waals surface area contributed by atoms with Crippen molar-refractivity contribution in [2.75, 3.05) is 6.54 Å². The zero-order chi connectivity index (χ0) is 8.85. The molecule has 0 aliphatic rings. The van der Waals surface area contributed by atoms with Crippen LogP contribution >= 0.6 is 0 Å². The van der Waals surface area contributed by atoms with Crippen LogP contribution in [0.3, 0.4) is 0 Å². The van der Waals surface area contributed by atoms with E-state index in [9.17, 15) is 4.79 Å². The smallest absolute Gasteiger partial charge is 0.330 e. The van der Waals surface area contributed by atoms with E-state index >= 15 is 0 Å². The predicted molar refractivity (Wildman–Crippen MR) is 41.1 cm³/mol. The number of hydrogen-bond donors (Lipinski definition) is 3. The van der Waals surface area contributed by atoms with Crippen molar-refractivity contribution in [1.82, 2.24) is 0 Å². The van der Waals surface area contributed by atoms with Crippen LogP contribution in [0, 0.1) is 0 Å². The Morgan fingerprint density at radius 3 is 2.55 bits per heavy atom. The van der Waals surface area contributed by atoms with Crippen molar-refractivity contribution >= 4 is 5.97 Å². The van der Waals surface area contributed by atoms with Crippen molar-refractivity contribution in [2.24, 2.45) is 5.73 Å². The molecular weight excluding hydrogens is 146 g/mol. The zero-order valence-electron chi connectivity index (χ0n) is 6.29. The Kier molecular flexibility index (Phi) is 4.49. The summed E-state index contributed by atoms with van der Waals surface area (Å²) in [5.74, 6) is -1.02. The van der Waals surface area contributed by atoms with Gasteiger partial charge in [0.05, 0.1) is 6.10 Å². The fourth-order valence-corrected chi connectivity index (χ4v) is 0.566. The van der Waals surface area contributed by atoms with Crippen molar-refractivity contribution in [1.29, 1.82) is 0 Å². The molecule has 0 heterocycles. The van der Waals surface area contributed by atoms with Gasteiger partial charge < -0.3 is 15.9 Å². The van der Waals surface area contributed by atoms with Gasteiger partial charge in [-0.15, -0.1) is 0 Å². The maximum absolute atomic E-state index is 10.2. The number of nitrogens with two attached hydrogens (primary N) is 1. The summed E-state index contributed by atoms with van der Waals surface area (Å²) in [6.07, 6.45) is 0.0288. The number of aliphatic hydroxyl groups excluding tert-OH is 1. The highest BCUT2D eigenvalue weighted by molar-refractivity contribution is 5.85. The van der Waals surface area contributed by atoms with E-state index in [-0.39, 0.29) is 18.5 Å². The Balaban J connectivity index is 3.54. The molecule has 1 atom stereocenters. The fourth-order valence-electron chi connectivity index (χ4n) is 0.566.